The molecule has 1 rings (SSSR count). The average molecular weight is 172 g/mol. The van der Waals surface area contributed by atoms with Gasteiger partial charge in [-0.15, -0.1) is 0 Å². The third-order valence-corrected chi connectivity index (χ3v) is 2.64. The van der Waals surface area contributed by atoms with Gasteiger partial charge in [-0.2, -0.15) is 0 Å². The van der Waals surface area contributed by atoms with Crippen LogP contribution in [-0.4, -0.2) is 26.3 Å². The molecule has 0 aliphatic heterocycles. The van der Waals surface area contributed by atoms with E-state index in [1.54, 1.807) is 7.11 Å². The van der Waals surface area contributed by atoms with E-state index < -0.39 is 0 Å². The van der Waals surface area contributed by atoms with E-state index in [0.717, 1.165) is 6.42 Å². The van der Waals surface area contributed by atoms with Crippen molar-refractivity contribution in [2.75, 3.05) is 20.3 Å². The Hall–Kier alpha value is -0.570. The molecule has 3 nitrogen and oxygen atoms in total. The summed E-state index contributed by atoms with van der Waals surface area (Å²) in [5.74, 6) is 0.402. The normalized spacial score (nSPS) is 33.1. The summed E-state index contributed by atoms with van der Waals surface area (Å²) in [5, 5.41) is 0. The monoisotopic (exact) mass is 172 g/mol. The number of carbonyl (C=O) groups is 1. The standard InChI is InChI=1S/C9H16O3/c1-7-6-9(7,2)8(10)12-5-4-11-3/h7H,4-6H2,1-3H3. The molecule has 0 spiro atoms. The highest BCUT2D eigenvalue weighted by molar-refractivity contribution is 5.79. The lowest BCUT2D eigenvalue weighted by Crippen LogP contribution is -2.19. The van der Waals surface area contributed by atoms with E-state index in [4.69, 9.17) is 9.47 Å². The molecule has 3 heteroatoms. The van der Waals surface area contributed by atoms with Crippen LogP contribution in [0.2, 0.25) is 0 Å². The van der Waals surface area contributed by atoms with Crippen LogP contribution < -0.4 is 0 Å². The van der Waals surface area contributed by atoms with E-state index in [0.29, 0.717) is 19.1 Å². The topological polar surface area (TPSA) is 35.5 Å². The van der Waals surface area contributed by atoms with E-state index in [9.17, 15) is 4.79 Å². The summed E-state index contributed by atoms with van der Waals surface area (Å²) in [5.41, 5.74) is -0.201. The van der Waals surface area contributed by atoms with Gasteiger partial charge in [-0.1, -0.05) is 6.92 Å². The fourth-order valence-electron chi connectivity index (χ4n) is 1.24. The molecule has 1 fully saturated rings. The Labute approximate surface area is 73.0 Å². The highest BCUT2D eigenvalue weighted by Gasteiger charge is 2.54. The van der Waals surface area contributed by atoms with Gasteiger partial charge < -0.3 is 9.47 Å². The van der Waals surface area contributed by atoms with Crippen molar-refractivity contribution in [2.24, 2.45) is 11.3 Å². The van der Waals surface area contributed by atoms with Crippen molar-refractivity contribution in [3.05, 3.63) is 0 Å². The summed E-state index contributed by atoms with van der Waals surface area (Å²) < 4.78 is 9.79. The molecule has 0 amide bonds. The highest BCUT2D eigenvalue weighted by atomic mass is 16.6. The molecule has 0 saturated heterocycles. The van der Waals surface area contributed by atoms with Gasteiger partial charge in [0.25, 0.3) is 0 Å². The number of rotatable bonds is 4. The Kier molecular flexibility index (Phi) is 2.73. The summed E-state index contributed by atoms with van der Waals surface area (Å²) >= 11 is 0. The number of carbonyl (C=O) groups excluding carboxylic acids is 1. The van der Waals surface area contributed by atoms with E-state index in [-0.39, 0.29) is 11.4 Å². The second-order valence-corrected chi connectivity index (χ2v) is 3.65. The van der Waals surface area contributed by atoms with Crippen molar-refractivity contribution in [1.29, 1.82) is 0 Å². The lowest BCUT2D eigenvalue weighted by molar-refractivity contribution is -0.151. The molecule has 0 N–H and O–H groups in total. The summed E-state index contributed by atoms with van der Waals surface area (Å²) in [6, 6.07) is 0. The molecule has 2 unspecified atom stereocenters. The minimum Gasteiger partial charge on any atom is -0.463 e. The average Bonchev–Trinajstić information content (AvgIpc) is 2.62. The van der Waals surface area contributed by atoms with Gasteiger partial charge in [0.05, 0.1) is 12.0 Å². The van der Waals surface area contributed by atoms with Gasteiger partial charge in [0.1, 0.15) is 6.61 Å². The molecule has 0 radical (unpaired) electrons. The lowest BCUT2D eigenvalue weighted by atomic mass is 10.1. The van der Waals surface area contributed by atoms with Crippen molar-refractivity contribution in [3.63, 3.8) is 0 Å². The number of methoxy groups -OCH3 is 1. The first-order chi connectivity index (χ1) is 5.61. The van der Waals surface area contributed by atoms with Gasteiger partial charge in [0.15, 0.2) is 0 Å². The first-order valence-corrected chi connectivity index (χ1v) is 4.27. The Morgan fingerprint density at radius 1 is 1.58 bits per heavy atom. The van der Waals surface area contributed by atoms with Gasteiger partial charge >= 0.3 is 5.97 Å². The third-order valence-electron chi connectivity index (χ3n) is 2.64. The molecule has 0 aromatic rings. The van der Waals surface area contributed by atoms with Gasteiger partial charge in [-0.25, -0.2) is 0 Å². The molecule has 0 aromatic heterocycles. The zero-order valence-electron chi connectivity index (χ0n) is 7.92. The Morgan fingerprint density at radius 3 is 2.58 bits per heavy atom. The first-order valence-electron chi connectivity index (χ1n) is 4.27. The maximum absolute atomic E-state index is 11.3. The number of esters is 1. The molecule has 2 atom stereocenters. The Morgan fingerprint density at radius 2 is 2.17 bits per heavy atom. The summed E-state index contributed by atoms with van der Waals surface area (Å²) in [6.07, 6.45) is 0.957. The van der Waals surface area contributed by atoms with Crippen LogP contribution >= 0.6 is 0 Å². The molecule has 12 heavy (non-hydrogen) atoms. The van der Waals surface area contributed by atoms with Crippen LogP contribution in [0.15, 0.2) is 0 Å². The molecule has 0 bridgehead atoms. The fraction of sp³-hybridized carbons (Fsp3) is 0.889. The van der Waals surface area contributed by atoms with E-state index in [2.05, 4.69) is 6.92 Å². The SMILES string of the molecule is COCCOC(=O)C1(C)CC1C. The van der Waals surface area contributed by atoms with Crippen LogP contribution in [0, 0.1) is 11.3 Å². The van der Waals surface area contributed by atoms with Gasteiger partial charge in [0, 0.05) is 7.11 Å². The zero-order chi connectivity index (χ0) is 9.19. The Bertz CT molecular complexity index is 179. The number of ether oxygens (including phenoxy) is 2. The van der Waals surface area contributed by atoms with Crippen molar-refractivity contribution < 1.29 is 14.3 Å². The lowest BCUT2D eigenvalue weighted by Gasteiger charge is -2.09. The quantitative estimate of drug-likeness (QED) is 0.472. The van der Waals surface area contributed by atoms with Crippen molar-refractivity contribution in [3.8, 4) is 0 Å². The van der Waals surface area contributed by atoms with Crippen LogP contribution in [0.25, 0.3) is 0 Å². The van der Waals surface area contributed by atoms with Crippen LogP contribution in [0.5, 0.6) is 0 Å². The summed E-state index contributed by atoms with van der Waals surface area (Å²) in [6.45, 7) is 4.87. The molecule has 0 heterocycles. The summed E-state index contributed by atoms with van der Waals surface area (Å²) in [4.78, 5) is 11.3. The maximum atomic E-state index is 11.3. The maximum Gasteiger partial charge on any atom is 0.312 e. The second kappa shape index (κ2) is 3.44. The summed E-state index contributed by atoms with van der Waals surface area (Å²) in [7, 11) is 1.59. The van der Waals surface area contributed by atoms with Crippen LogP contribution in [-0.2, 0) is 14.3 Å². The Balaban J connectivity index is 2.21. The van der Waals surface area contributed by atoms with E-state index in [1.165, 1.54) is 0 Å². The van der Waals surface area contributed by atoms with Crippen LogP contribution in [0.1, 0.15) is 20.3 Å². The minimum absolute atomic E-state index is 0.0768. The van der Waals surface area contributed by atoms with Crippen molar-refractivity contribution in [2.45, 2.75) is 20.3 Å². The first kappa shape index (κ1) is 9.52. The van der Waals surface area contributed by atoms with Gasteiger partial charge in [-0.3, -0.25) is 4.79 Å². The van der Waals surface area contributed by atoms with Crippen LogP contribution in [0.4, 0.5) is 0 Å². The number of hydrogen-bond donors (Lipinski definition) is 0. The zero-order valence-corrected chi connectivity index (χ0v) is 7.92. The molecular formula is C9H16O3. The largest absolute Gasteiger partial charge is 0.463 e. The predicted octanol–water partition coefficient (Wildman–Crippen LogP) is 1.22. The van der Waals surface area contributed by atoms with Crippen LogP contribution in [0.3, 0.4) is 0 Å². The third kappa shape index (κ3) is 1.78. The molecule has 1 saturated carbocycles. The van der Waals surface area contributed by atoms with E-state index in [1.807, 2.05) is 6.92 Å². The molecule has 1 aliphatic carbocycles. The van der Waals surface area contributed by atoms with E-state index >= 15 is 0 Å². The number of hydrogen-bond acceptors (Lipinski definition) is 3. The second-order valence-electron chi connectivity index (χ2n) is 3.65. The molecule has 70 valence electrons. The highest BCUT2D eigenvalue weighted by Crippen LogP contribution is 2.52. The smallest absolute Gasteiger partial charge is 0.312 e. The molecule has 1 aliphatic rings. The van der Waals surface area contributed by atoms with Crippen molar-refractivity contribution >= 4 is 5.97 Å². The molecule has 0 aromatic carbocycles. The van der Waals surface area contributed by atoms with Gasteiger partial charge in [-0.05, 0) is 19.3 Å². The predicted molar refractivity (Wildman–Crippen MR) is 44.7 cm³/mol. The molecular weight excluding hydrogens is 156 g/mol. The minimum atomic E-state index is -0.201. The van der Waals surface area contributed by atoms with Gasteiger partial charge in [0.2, 0.25) is 0 Å². The fourth-order valence-corrected chi connectivity index (χ4v) is 1.24. The van der Waals surface area contributed by atoms with Crippen molar-refractivity contribution in [1.82, 2.24) is 0 Å².